The van der Waals surface area contributed by atoms with Gasteiger partial charge >= 0.3 is 5.69 Å². The smallest absolute Gasteiger partial charge is 0.306 e. The number of aromatic nitrogens is 2. The highest BCUT2D eigenvalue weighted by Crippen LogP contribution is 2.07. The lowest BCUT2D eigenvalue weighted by Gasteiger charge is -2.13. The van der Waals surface area contributed by atoms with E-state index in [-0.39, 0.29) is 12.2 Å². The molecule has 1 aromatic heterocycles. The average molecular weight is 258 g/mol. The molecule has 0 aromatic carbocycles. The van der Waals surface area contributed by atoms with Crippen molar-refractivity contribution < 1.29 is 15.1 Å². The predicted molar refractivity (Wildman–Crippen MR) is 64.1 cm³/mol. The zero-order chi connectivity index (χ0) is 13.5. The Bertz CT molecular complexity index is 382. The molecular formula is C10H18N4O4. The number of nitrogens with one attached hydrogen (secondary N) is 1. The highest BCUT2D eigenvalue weighted by molar-refractivity contribution is 5.20. The number of hydrogen-bond acceptors (Lipinski definition) is 6. The summed E-state index contributed by atoms with van der Waals surface area (Å²) in [5, 5.41) is 36.1. The summed E-state index contributed by atoms with van der Waals surface area (Å²) in [6.45, 7) is 2.74. The van der Waals surface area contributed by atoms with Crippen molar-refractivity contribution in [2.24, 2.45) is 0 Å². The molecule has 102 valence electrons. The van der Waals surface area contributed by atoms with Gasteiger partial charge in [-0.25, -0.2) is 0 Å². The van der Waals surface area contributed by atoms with Gasteiger partial charge in [0.2, 0.25) is 0 Å². The standard InChI is InChI=1S/C10H18N4O4/c1-2-9(15)4-11-5-10(16)7-13-6-8(3-12-13)14(17)18/h3,6,9-11,15-16H,2,4-5,7H2,1H3. The molecule has 0 fully saturated rings. The maximum absolute atomic E-state index is 10.4. The zero-order valence-electron chi connectivity index (χ0n) is 10.2. The molecule has 0 aliphatic rings. The normalized spacial score (nSPS) is 14.4. The maximum atomic E-state index is 10.4. The SMILES string of the molecule is CCC(O)CNCC(O)Cn1cc([N+](=O)[O-])cn1. The van der Waals surface area contributed by atoms with Gasteiger partial charge in [0.1, 0.15) is 12.4 Å². The Morgan fingerprint density at radius 1 is 1.50 bits per heavy atom. The van der Waals surface area contributed by atoms with Gasteiger partial charge in [0.25, 0.3) is 0 Å². The molecule has 0 aliphatic carbocycles. The molecule has 18 heavy (non-hydrogen) atoms. The molecule has 0 bridgehead atoms. The van der Waals surface area contributed by atoms with Gasteiger partial charge in [-0.2, -0.15) is 5.10 Å². The Morgan fingerprint density at radius 2 is 2.17 bits per heavy atom. The van der Waals surface area contributed by atoms with Crippen LogP contribution in [0.1, 0.15) is 13.3 Å². The van der Waals surface area contributed by atoms with Gasteiger partial charge in [0.05, 0.1) is 23.7 Å². The highest BCUT2D eigenvalue weighted by atomic mass is 16.6. The Labute approximate surface area is 104 Å². The van der Waals surface area contributed by atoms with Gasteiger partial charge in [0, 0.05) is 13.1 Å². The molecule has 0 amide bonds. The van der Waals surface area contributed by atoms with E-state index < -0.39 is 17.1 Å². The van der Waals surface area contributed by atoms with Gasteiger partial charge < -0.3 is 15.5 Å². The van der Waals surface area contributed by atoms with E-state index in [0.29, 0.717) is 19.5 Å². The van der Waals surface area contributed by atoms with E-state index in [1.165, 1.54) is 10.9 Å². The number of aliphatic hydroxyl groups excluding tert-OH is 2. The summed E-state index contributed by atoms with van der Waals surface area (Å²) in [5.41, 5.74) is -0.100. The zero-order valence-corrected chi connectivity index (χ0v) is 10.2. The first-order valence-electron chi connectivity index (χ1n) is 5.76. The Kier molecular flexibility index (Phi) is 5.69. The largest absolute Gasteiger partial charge is 0.392 e. The first kappa shape index (κ1) is 14.6. The second-order valence-corrected chi connectivity index (χ2v) is 4.05. The van der Waals surface area contributed by atoms with E-state index in [4.69, 9.17) is 0 Å². The summed E-state index contributed by atoms with van der Waals surface area (Å²) < 4.78 is 1.32. The topological polar surface area (TPSA) is 113 Å². The molecule has 2 unspecified atom stereocenters. The third-order valence-electron chi connectivity index (χ3n) is 2.46. The van der Waals surface area contributed by atoms with Gasteiger partial charge in [-0.15, -0.1) is 0 Å². The second kappa shape index (κ2) is 7.04. The molecule has 2 atom stereocenters. The second-order valence-electron chi connectivity index (χ2n) is 4.05. The summed E-state index contributed by atoms with van der Waals surface area (Å²) in [7, 11) is 0. The van der Waals surface area contributed by atoms with Crippen molar-refractivity contribution in [3.05, 3.63) is 22.5 Å². The molecule has 0 radical (unpaired) electrons. The van der Waals surface area contributed by atoms with Crippen LogP contribution >= 0.6 is 0 Å². The van der Waals surface area contributed by atoms with E-state index in [9.17, 15) is 20.3 Å². The van der Waals surface area contributed by atoms with Crippen LogP contribution in [0.2, 0.25) is 0 Å². The quantitative estimate of drug-likeness (QED) is 0.428. The Balaban J connectivity index is 2.30. The van der Waals surface area contributed by atoms with E-state index >= 15 is 0 Å². The summed E-state index contributed by atoms with van der Waals surface area (Å²) >= 11 is 0. The molecule has 0 saturated heterocycles. The fourth-order valence-electron chi connectivity index (χ4n) is 1.39. The van der Waals surface area contributed by atoms with E-state index in [1.54, 1.807) is 0 Å². The molecule has 1 rings (SSSR count). The molecule has 0 spiro atoms. The lowest BCUT2D eigenvalue weighted by Crippen LogP contribution is -2.35. The van der Waals surface area contributed by atoms with E-state index in [0.717, 1.165) is 6.20 Å². The van der Waals surface area contributed by atoms with E-state index in [2.05, 4.69) is 10.4 Å². The van der Waals surface area contributed by atoms with Crippen molar-refractivity contribution in [2.75, 3.05) is 13.1 Å². The van der Waals surface area contributed by atoms with E-state index in [1.807, 2.05) is 6.92 Å². The van der Waals surface area contributed by atoms with Crippen LogP contribution in [0.4, 0.5) is 5.69 Å². The molecular weight excluding hydrogens is 240 g/mol. The highest BCUT2D eigenvalue weighted by Gasteiger charge is 2.12. The van der Waals surface area contributed by atoms with Crippen molar-refractivity contribution in [3.8, 4) is 0 Å². The Morgan fingerprint density at radius 3 is 2.72 bits per heavy atom. The van der Waals surface area contributed by atoms with Crippen molar-refractivity contribution in [1.29, 1.82) is 0 Å². The van der Waals surface area contributed by atoms with Crippen LogP contribution in [0.5, 0.6) is 0 Å². The van der Waals surface area contributed by atoms with Gasteiger partial charge in [-0.3, -0.25) is 14.8 Å². The van der Waals surface area contributed by atoms with Gasteiger partial charge in [0.15, 0.2) is 0 Å². The van der Waals surface area contributed by atoms with Crippen LogP contribution in [0.3, 0.4) is 0 Å². The van der Waals surface area contributed by atoms with Crippen LogP contribution < -0.4 is 5.32 Å². The first-order valence-corrected chi connectivity index (χ1v) is 5.76. The average Bonchev–Trinajstić information content (AvgIpc) is 2.77. The fourth-order valence-corrected chi connectivity index (χ4v) is 1.39. The predicted octanol–water partition coefficient (Wildman–Crippen LogP) is -0.487. The fraction of sp³-hybridized carbons (Fsp3) is 0.700. The maximum Gasteiger partial charge on any atom is 0.306 e. The third-order valence-corrected chi connectivity index (χ3v) is 2.46. The number of aliphatic hydroxyl groups is 2. The van der Waals surface area contributed by atoms with Crippen molar-refractivity contribution in [3.63, 3.8) is 0 Å². The summed E-state index contributed by atoms with van der Waals surface area (Å²) in [4.78, 5) is 9.89. The van der Waals surface area contributed by atoms with Crippen molar-refractivity contribution >= 4 is 5.69 Å². The van der Waals surface area contributed by atoms with Crippen LogP contribution in [-0.4, -0.2) is 50.2 Å². The third kappa shape index (κ3) is 4.78. The minimum absolute atomic E-state index is 0.100. The summed E-state index contributed by atoms with van der Waals surface area (Å²) in [6.07, 6.45) is 1.91. The molecule has 1 heterocycles. The number of hydrogen-bond donors (Lipinski definition) is 3. The lowest BCUT2D eigenvalue weighted by molar-refractivity contribution is -0.385. The minimum atomic E-state index is -0.714. The molecule has 0 saturated carbocycles. The molecule has 8 nitrogen and oxygen atoms in total. The van der Waals surface area contributed by atoms with Crippen molar-refractivity contribution in [1.82, 2.24) is 15.1 Å². The first-order chi connectivity index (χ1) is 8.52. The number of nitrogens with zero attached hydrogens (tertiary/aromatic N) is 3. The van der Waals surface area contributed by atoms with Crippen molar-refractivity contribution in [2.45, 2.75) is 32.1 Å². The van der Waals surface area contributed by atoms with Crippen LogP contribution in [0, 0.1) is 10.1 Å². The number of rotatable bonds is 8. The summed E-state index contributed by atoms with van der Waals surface area (Å²) in [5.74, 6) is 0. The van der Waals surface area contributed by atoms with Gasteiger partial charge in [-0.05, 0) is 6.42 Å². The monoisotopic (exact) mass is 258 g/mol. The number of nitro groups is 1. The van der Waals surface area contributed by atoms with Gasteiger partial charge in [-0.1, -0.05) is 6.92 Å². The summed E-state index contributed by atoms with van der Waals surface area (Å²) in [6, 6.07) is 0. The van der Waals surface area contributed by atoms with Crippen LogP contribution in [0.25, 0.3) is 0 Å². The lowest BCUT2D eigenvalue weighted by atomic mass is 10.2. The molecule has 3 N–H and O–H groups in total. The molecule has 0 aliphatic heterocycles. The Hall–Kier alpha value is -1.51. The minimum Gasteiger partial charge on any atom is -0.392 e. The molecule has 8 heteroatoms. The molecule has 1 aromatic rings. The van der Waals surface area contributed by atoms with Crippen LogP contribution in [-0.2, 0) is 6.54 Å². The van der Waals surface area contributed by atoms with Crippen LogP contribution in [0.15, 0.2) is 12.4 Å².